The van der Waals surface area contributed by atoms with Gasteiger partial charge in [-0.3, -0.25) is 9.59 Å². The molecule has 1 N–H and O–H groups in total. The lowest BCUT2D eigenvalue weighted by molar-refractivity contribution is -0.156. The average molecular weight is 298 g/mol. The summed E-state index contributed by atoms with van der Waals surface area (Å²) in [6.45, 7) is 4.75. The fraction of sp³-hybridized carbons (Fsp3) is 0.867. The van der Waals surface area contributed by atoms with Crippen molar-refractivity contribution >= 4 is 23.6 Å². The van der Waals surface area contributed by atoms with Gasteiger partial charge in [-0.1, -0.05) is 26.7 Å². The van der Waals surface area contributed by atoms with Crippen LogP contribution in [0.5, 0.6) is 0 Å². The molecule has 114 valence electrons. The third-order valence-electron chi connectivity index (χ3n) is 4.47. The van der Waals surface area contributed by atoms with E-state index in [9.17, 15) is 9.59 Å². The maximum Gasteiger partial charge on any atom is 0.249 e. The number of piperazine rings is 1. The van der Waals surface area contributed by atoms with Crippen LogP contribution < -0.4 is 5.32 Å². The summed E-state index contributed by atoms with van der Waals surface area (Å²) in [6, 6.07) is -0.296. The first-order chi connectivity index (χ1) is 9.52. The maximum atomic E-state index is 12.9. The molecule has 2 rings (SSSR count). The second-order valence-corrected chi connectivity index (χ2v) is 7.30. The summed E-state index contributed by atoms with van der Waals surface area (Å²) < 4.78 is 0. The van der Waals surface area contributed by atoms with E-state index < -0.39 is 5.54 Å². The predicted molar refractivity (Wildman–Crippen MR) is 82.7 cm³/mol. The number of hydrogen-bond donors (Lipinski definition) is 1. The van der Waals surface area contributed by atoms with Crippen molar-refractivity contribution in [3.63, 3.8) is 0 Å². The number of thioether (sulfide) groups is 1. The Morgan fingerprint density at radius 2 is 2.00 bits per heavy atom. The van der Waals surface area contributed by atoms with E-state index in [0.717, 1.165) is 37.9 Å². The molecule has 1 saturated carbocycles. The largest absolute Gasteiger partial charge is 0.340 e. The highest BCUT2D eigenvalue weighted by Gasteiger charge is 2.52. The minimum atomic E-state index is -0.582. The molecule has 0 radical (unpaired) electrons. The van der Waals surface area contributed by atoms with Gasteiger partial charge in [-0.05, 0) is 37.2 Å². The number of nitrogens with one attached hydrogen (secondary N) is 1. The SMILES string of the molecule is CSCCCN1C(=O)C2(CCCC2)NC(=O)C1C(C)C. The normalized spacial score (nSPS) is 25.6. The van der Waals surface area contributed by atoms with Crippen LogP contribution >= 0.6 is 11.8 Å². The van der Waals surface area contributed by atoms with Gasteiger partial charge in [-0.15, -0.1) is 0 Å². The molecule has 1 aliphatic carbocycles. The van der Waals surface area contributed by atoms with Crippen LogP contribution in [-0.4, -0.2) is 46.8 Å². The summed E-state index contributed by atoms with van der Waals surface area (Å²) in [6.07, 6.45) is 6.72. The van der Waals surface area contributed by atoms with Crippen LogP contribution in [0.4, 0.5) is 0 Å². The molecule has 4 nitrogen and oxygen atoms in total. The Hall–Kier alpha value is -0.710. The van der Waals surface area contributed by atoms with Gasteiger partial charge in [0.15, 0.2) is 0 Å². The molecule has 1 unspecified atom stereocenters. The first-order valence-electron chi connectivity index (χ1n) is 7.64. The molecular weight excluding hydrogens is 272 g/mol. The molecule has 2 amide bonds. The monoisotopic (exact) mass is 298 g/mol. The van der Waals surface area contributed by atoms with Gasteiger partial charge in [-0.25, -0.2) is 0 Å². The van der Waals surface area contributed by atoms with Crippen molar-refractivity contribution < 1.29 is 9.59 Å². The molecule has 1 heterocycles. The van der Waals surface area contributed by atoms with Crippen LogP contribution in [0.25, 0.3) is 0 Å². The molecule has 2 fully saturated rings. The highest BCUT2D eigenvalue weighted by Crippen LogP contribution is 2.35. The number of rotatable bonds is 5. The number of carbonyl (C=O) groups is 2. The van der Waals surface area contributed by atoms with Crippen molar-refractivity contribution in [1.29, 1.82) is 0 Å². The zero-order valence-corrected chi connectivity index (χ0v) is 13.6. The van der Waals surface area contributed by atoms with Crippen LogP contribution in [0.2, 0.25) is 0 Å². The van der Waals surface area contributed by atoms with Gasteiger partial charge in [0, 0.05) is 6.54 Å². The van der Waals surface area contributed by atoms with Gasteiger partial charge in [0.25, 0.3) is 0 Å². The van der Waals surface area contributed by atoms with Gasteiger partial charge in [0.1, 0.15) is 11.6 Å². The summed E-state index contributed by atoms with van der Waals surface area (Å²) in [5.41, 5.74) is -0.582. The van der Waals surface area contributed by atoms with Crippen molar-refractivity contribution in [2.45, 2.75) is 57.5 Å². The van der Waals surface area contributed by atoms with E-state index in [4.69, 9.17) is 0 Å². The van der Waals surface area contributed by atoms with Gasteiger partial charge in [-0.2, -0.15) is 11.8 Å². The quantitative estimate of drug-likeness (QED) is 0.790. The van der Waals surface area contributed by atoms with Crippen LogP contribution in [0.3, 0.4) is 0 Å². The molecule has 1 aliphatic heterocycles. The summed E-state index contributed by atoms with van der Waals surface area (Å²) in [5.74, 6) is 1.40. The molecule has 0 bridgehead atoms. The van der Waals surface area contributed by atoms with E-state index in [0.29, 0.717) is 6.54 Å². The third kappa shape index (κ3) is 2.83. The van der Waals surface area contributed by atoms with Gasteiger partial charge in [0.05, 0.1) is 0 Å². The summed E-state index contributed by atoms with van der Waals surface area (Å²) in [5, 5.41) is 3.06. The lowest BCUT2D eigenvalue weighted by atomic mass is 9.87. The van der Waals surface area contributed by atoms with Crippen molar-refractivity contribution in [2.24, 2.45) is 5.92 Å². The minimum Gasteiger partial charge on any atom is -0.340 e. The molecule has 2 aliphatic rings. The predicted octanol–water partition coefficient (Wildman–Crippen LogP) is 2.04. The molecule has 0 aromatic rings. The van der Waals surface area contributed by atoms with Gasteiger partial charge < -0.3 is 10.2 Å². The number of nitrogens with zero attached hydrogens (tertiary/aromatic N) is 1. The van der Waals surface area contributed by atoms with Crippen molar-refractivity contribution in [1.82, 2.24) is 10.2 Å². The van der Waals surface area contributed by atoms with Crippen molar-refractivity contribution in [2.75, 3.05) is 18.6 Å². The van der Waals surface area contributed by atoms with Crippen LogP contribution in [-0.2, 0) is 9.59 Å². The summed E-state index contributed by atoms with van der Waals surface area (Å²) in [4.78, 5) is 27.3. The van der Waals surface area contributed by atoms with Gasteiger partial charge >= 0.3 is 0 Å². The lowest BCUT2D eigenvalue weighted by Crippen LogP contribution is -2.70. The Kier molecular flexibility index (Phi) is 4.99. The molecule has 1 spiro atoms. The fourth-order valence-corrected chi connectivity index (χ4v) is 3.92. The Morgan fingerprint density at radius 3 is 2.55 bits per heavy atom. The first kappa shape index (κ1) is 15.7. The Balaban J connectivity index is 2.19. The van der Waals surface area contributed by atoms with Crippen LogP contribution in [0.1, 0.15) is 46.0 Å². The highest BCUT2D eigenvalue weighted by atomic mass is 32.2. The topological polar surface area (TPSA) is 49.4 Å². The zero-order chi connectivity index (χ0) is 14.8. The molecule has 1 saturated heterocycles. The molecule has 0 aromatic carbocycles. The van der Waals surface area contributed by atoms with E-state index in [-0.39, 0.29) is 23.8 Å². The highest BCUT2D eigenvalue weighted by molar-refractivity contribution is 7.98. The molecule has 1 atom stereocenters. The minimum absolute atomic E-state index is 0.0469. The van der Waals surface area contributed by atoms with E-state index in [1.165, 1.54) is 0 Å². The molecule has 5 heteroatoms. The van der Waals surface area contributed by atoms with Crippen molar-refractivity contribution in [3.05, 3.63) is 0 Å². The molecule has 20 heavy (non-hydrogen) atoms. The average Bonchev–Trinajstić information content (AvgIpc) is 2.84. The van der Waals surface area contributed by atoms with E-state index in [1.54, 1.807) is 11.8 Å². The zero-order valence-electron chi connectivity index (χ0n) is 12.8. The van der Waals surface area contributed by atoms with E-state index in [1.807, 2.05) is 18.7 Å². The van der Waals surface area contributed by atoms with E-state index in [2.05, 4.69) is 11.6 Å². The Morgan fingerprint density at radius 1 is 1.35 bits per heavy atom. The number of hydrogen-bond acceptors (Lipinski definition) is 3. The van der Waals surface area contributed by atoms with E-state index >= 15 is 0 Å². The fourth-order valence-electron chi connectivity index (χ4n) is 3.51. The van der Waals surface area contributed by atoms with Gasteiger partial charge in [0.2, 0.25) is 11.8 Å². The smallest absolute Gasteiger partial charge is 0.249 e. The second kappa shape index (κ2) is 6.37. The number of carbonyl (C=O) groups excluding carboxylic acids is 2. The Labute approximate surface area is 126 Å². The second-order valence-electron chi connectivity index (χ2n) is 6.31. The molecule has 0 aromatic heterocycles. The third-order valence-corrected chi connectivity index (χ3v) is 5.17. The molecular formula is C15H26N2O2S. The summed E-state index contributed by atoms with van der Waals surface area (Å²) in [7, 11) is 0. The maximum absolute atomic E-state index is 12.9. The van der Waals surface area contributed by atoms with Crippen molar-refractivity contribution in [3.8, 4) is 0 Å². The Bertz CT molecular complexity index is 378. The number of amides is 2. The summed E-state index contributed by atoms with van der Waals surface area (Å²) >= 11 is 1.79. The lowest BCUT2D eigenvalue weighted by Gasteiger charge is -2.46. The van der Waals surface area contributed by atoms with Crippen LogP contribution in [0.15, 0.2) is 0 Å². The standard InChI is InChI=1S/C15H26N2O2S/c1-11(2)12-13(18)16-15(7-4-5-8-15)14(19)17(12)9-6-10-20-3/h11-12H,4-10H2,1-3H3,(H,16,18). The first-order valence-corrected chi connectivity index (χ1v) is 9.03. The van der Waals surface area contributed by atoms with Crippen LogP contribution in [0, 0.1) is 5.92 Å².